The number of nitrogens with zero attached hydrogens (tertiary/aromatic N) is 1. The van der Waals surface area contributed by atoms with Crippen LogP contribution < -0.4 is 0 Å². The Labute approximate surface area is 72.8 Å². The fraction of sp³-hybridized carbons (Fsp3) is 0.875. The number of hydrogen-bond donors (Lipinski definition) is 2. The molecule has 4 heteroatoms. The molecule has 12 heavy (non-hydrogen) atoms. The molecule has 0 amide bonds. The Hall–Kier alpha value is -0.610. The Balaban J connectivity index is 3.60. The molecule has 0 aliphatic carbocycles. The molecule has 0 aromatic rings. The average Bonchev–Trinajstić information content (AvgIpc) is 1.79. The standard InChI is InChI=1S/C8H17NO3/c1-8(2,12)6-9(3)5-4-7(10)11/h12H,4-6H2,1-3H3,(H,10,11). The molecular formula is C8H17NO3. The van der Waals surface area contributed by atoms with E-state index in [-0.39, 0.29) is 6.42 Å². The summed E-state index contributed by atoms with van der Waals surface area (Å²) >= 11 is 0. The number of carbonyl (C=O) groups is 1. The predicted molar refractivity (Wildman–Crippen MR) is 46.0 cm³/mol. The van der Waals surface area contributed by atoms with Crippen LogP contribution in [0.5, 0.6) is 0 Å². The van der Waals surface area contributed by atoms with Crippen molar-refractivity contribution >= 4 is 5.97 Å². The maximum absolute atomic E-state index is 10.2. The third-order valence-electron chi connectivity index (χ3n) is 1.36. The van der Waals surface area contributed by atoms with E-state index in [1.807, 2.05) is 0 Å². The zero-order valence-corrected chi connectivity index (χ0v) is 7.87. The van der Waals surface area contributed by atoms with Gasteiger partial charge in [-0.2, -0.15) is 0 Å². The van der Waals surface area contributed by atoms with Crippen molar-refractivity contribution in [2.75, 3.05) is 20.1 Å². The Bertz CT molecular complexity index is 151. The Kier molecular flexibility index (Phi) is 4.20. The van der Waals surface area contributed by atoms with E-state index in [0.717, 1.165) is 0 Å². The van der Waals surface area contributed by atoms with Gasteiger partial charge in [0, 0.05) is 13.1 Å². The highest BCUT2D eigenvalue weighted by Gasteiger charge is 2.15. The molecule has 0 saturated carbocycles. The van der Waals surface area contributed by atoms with Gasteiger partial charge in [-0.25, -0.2) is 0 Å². The number of carboxylic acid groups (broad SMARTS) is 1. The third-order valence-corrected chi connectivity index (χ3v) is 1.36. The van der Waals surface area contributed by atoms with Crippen molar-refractivity contribution in [3.63, 3.8) is 0 Å². The molecule has 0 fully saturated rings. The van der Waals surface area contributed by atoms with Gasteiger partial charge in [-0.05, 0) is 20.9 Å². The van der Waals surface area contributed by atoms with Crippen molar-refractivity contribution < 1.29 is 15.0 Å². The molecule has 0 heterocycles. The SMILES string of the molecule is CN(CCC(=O)O)CC(C)(C)O. The lowest BCUT2D eigenvalue weighted by Gasteiger charge is -2.24. The molecule has 0 rings (SSSR count). The van der Waals surface area contributed by atoms with Crippen molar-refractivity contribution in [2.45, 2.75) is 25.9 Å². The number of carboxylic acids is 1. The van der Waals surface area contributed by atoms with Gasteiger partial charge in [-0.1, -0.05) is 0 Å². The summed E-state index contributed by atoms with van der Waals surface area (Å²) in [5.41, 5.74) is -0.757. The number of rotatable bonds is 5. The van der Waals surface area contributed by atoms with E-state index >= 15 is 0 Å². The van der Waals surface area contributed by atoms with E-state index in [2.05, 4.69) is 0 Å². The predicted octanol–water partition coefficient (Wildman–Crippen LogP) is 0.164. The van der Waals surface area contributed by atoms with E-state index in [9.17, 15) is 9.90 Å². The second kappa shape index (κ2) is 4.42. The highest BCUT2D eigenvalue weighted by Crippen LogP contribution is 2.02. The molecular weight excluding hydrogens is 158 g/mol. The van der Waals surface area contributed by atoms with Gasteiger partial charge in [-0.3, -0.25) is 4.79 Å². The van der Waals surface area contributed by atoms with Crippen LogP contribution in [0.4, 0.5) is 0 Å². The lowest BCUT2D eigenvalue weighted by molar-refractivity contribution is -0.137. The fourth-order valence-electron chi connectivity index (χ4n) is 1.03. The van der Waals surface area contributed by atoms with Gasteiger partial charge in [0.15, 0.2) is 0 Å². The van der Waals surface area contributed by atoms with Crippen LogP contribution in [0.2, 0.25) is 0 Å². The minimum atomic E-state index is -0.808. The number of hydrogen-bond acceptors (Lipinski definition) is 3. The Morgan fingerprint density at radius 2 is 2.00 bits per heavy atom. The summed E-state index contributed by atoms with van der Waals surface area (Å²) in [5, 5.41) is 17.7. The maximum Gasteiger partial charge on any atom is 0.304 e. The quantitative estimate of drug-likeness (QED) is 0.625. The molecule has 4 nitrogen and oxygen atoms in total. The topological polar surface area (TPSA) is 60.8 Å². The first-order chi connectivity index (χ1) is 5.31. The number of aliphatic hydroxyl groups is 1. The summed E-state index contributed by atoms with van der Waals surface area (Å²) in [5.74, 6) is -0.808. The summed E-state index contributed by atoms with van der Waals surface area (Å²) in [6, 6.07) is 0. The largest absolute Gasteiger partial charge is 0.481 e. The second-order valence-electron chi connectivity index (χ2n) is 3.69. The van der Waals surface area contributed by atoms with E-state index in [1.54, 1.807) is 25.8 Å². The van der Waals surface area contributed by atoms with E-state index in [1.165, 1.54) is 0 Å². The van der Waals surface area contributed by atoms with E-state index < -0.39 is 11.6 Å². The Morgan fingerprint density at radius 1 is 1.50 bits per heavy atom. The fourth-order valence-corrected chi connectivity index (χ4v) is 1.03. The van der Waals surface area contributed by atoms with Gasteiger partial charge in [0.05, 0.1) is 12.0 Å². The van der Waals surface area contributed by atoms with Crippen LogP contribution in [0.25, 0.3) is 0 Å². The summed E-state index contributed by atoms with van der Waals surface area (Å²) in [7, 11) is 1.79. The van der Waals surface area contributed by atoms with Gasteiger partial charge in [0.1, 0.15) is 0 Å². The first-order valence-corrected chi connectivity index (χ1v) is 3.94. The average molecular weight is 175 g/mol. The molecule has 2 N–H and O–H groups in total. The molecule has 0 saturated heterocycles. The molecule has 0 bridgehead atoms. The minimum Gasteiger partial charge on any atom is -0.481 e. The van der Waals surface area contributed by atoms with Crippen LogP contribution in [-0.2, 0) is 4.79 Å². The highest BCUT2D eigenvalue weighted by atomic mass is 16.4. The second-order valence-corrected chi connectivity index (χ2v) is 3.69. The summed E-state index contributed by atoms with van der Waals surface area (Å²) < 4.78 is 0. The van der Waals surface area contributed by atoms with E-state index in [4.69, 9.17) is 5.11 Å². The zero-order valence-electron chi connectivity index (χ0n) is 7.87. The minimum absolute atomic E-state index is 0.118. The van der Waals surface area contributed by atoms with Crippen LogP contribution in [0, 0.1) is 0 Å². The molecule has 0 radical (unpaired) electrons. The summed E-state index contributed by atoms with van der Waals surface area (Å²) in [4.78, 5) is 12.0. The van der Waals surface area contributed by atoms with Crippen molar-refractivity contribution in [2.24, 2.45) is 0 Å². The van der Waals surface area contributed by atoms with Crippen LogP contribution in [0.3, 0.4) is 0 Å². The van der Waals surface area contributed by atoms with Gasteiger partial charge in [0.2, 0.25) is 0 Å². The van der Waals surface area contributed by atoms with Crippen LogP contribution >= 0.6 is 0 Å². The monoisotopic (exact) mass is 175 g/mol. The molecule has 0 spiro atoms. The van der Waals surface area contributed by atoms with Crippen molar-refractivity contribution in [3.05, 3.63) is 0 Å². The van der Waals surface area contributed by atoms with Gasteiger partial charge >= 0.3 is 5.97 Å². The van der Waals surface area contributed by atoms with Gasteiger partial charge in [-0.15, -0.1) is 0 Å². The zero-order chi connectivity index (χ0) is 9.78. The highest BCUT2D eigenvalue weighted by molar-refractivity contribution is 5.66. The lowest BCUT2D eigenvalue weighted by Crippen LogP contribution is -2.37. The smallest absolute Gasteiger partial charge is 0.304 e. The summed E-state index contributed by atoms with van der Waals surface area (Å²) in [6.07, 6.45) is 0.118. The maximum atomic E-state index is 10.2. The van der Waals surface area contributed by atoms with Gasteiger partial charge < -0.3 is 15.1 Å². The molecule has 72 valence electrons. The van der Waals surface area contributed by atoms with Crippen LogP contribution in [0.15, 0.2) is 0 Å². The van der Waals surface area contributed by atoms with Crippen LogP contribution in [0.1, 0.15) is 20.3 Å². The summed E-state index contributed by atoms with van der Waals surface area (Å²) in [6.45, 7) is 4.36. The molecule has 0 aromatic carbocycles. The number of aliphatic carboxylic acids is 1. The van der Waals surface area contributed by atoms with E-state index in [0.29, 0.717) is 13.1 Å². The molecule has 0 aliphatic rings. The van der Waals surface area contributed by atoms with Crippen LogP contribution in [-0.4, -0.2) is 46.8 Å². The first-order valence-electron chi connectivity index (χ1n) is 3.94. The molecule has 0 aromatic heterocycles. The molecule has 0 unspecified atom stereocenters. The molecule has 0 aliphatic heterocycles. The third kappa shape index (κ3) is 7.50. The van der Waals surface area contributed by atoms with Crippen molar-refractivity contribution in [1.82, 2.24) is 4.90 Å². The van der Waals surface area contributed by atoms with Crippen molar-refractivity contribution in [1.29, 1.82) is 0 Å². The first kappa shape index (κ1) is 11.4. The normalized spacial score (nSPS) is 12.1. The van der Waals surface area contributed by atoms with Crippen molar-refractivity contribution in [3.8, 4) is 0 Å². The Morgan fingerprint density at radius 3 is 2.33 bits per heavy atom. The lowest BCUT2D eigenvalue weighted by atomic mass is 10.1. The molecule has 0 atom stereocenters. The number of likely N-dealkylation sites (N-methyl/N-ethyl adjacent to an activating group) is 1. The van der Waals surface area contributed by atoms with Gasteiger partial charge in [0.25, 0.3) is 0 Å².